The van der Waals surface area contributed by atoms with E-state index in [1.54, 1.807) is 18.1 Å². The largest absolute Gasteiger partial charge is 0.350 e. The van der Waals surface area contributed by atoms with Crippen molar-refractivity contribution < 1.29 is 10.5 Å². The molecular weight excluding hydrogens is 350 g/mol. The first-order valence-electron chi connectivity index (χ1n) is 8.84. The lowest BCUT2D eigenvalue weighted by molar-refractivity contribution is -0.116. The van der Waals surface area contributed by atoms with Gasteiger partial charge in [-0.05, 0) is 12.5 Å². The minimum absolute atomic E-state index is 0. The molecule has 0 saturated carbocycles. The maximum Gasteiger partial charge on any atom is 0.259 e. The van der Waals surface area contributed by atoms with E-state index >= 15 is 0 Å². The molecule has 1 saturated heterocycles. The maximum absolute atomic E-state index is 12.6. The van der Waals surface area contributed by atoms with Gasteiger partial charge in [0, 0.05) is 62.6 Å². The molecule has 4 heterocycles. The van der Waals surface area contributed by atoms with Gasteiger partial charge in [0.25, 0.3) is 5.91 Å². The van der Waals surface area contributed by atoms with Crippen LogP contribution in [0.5, 0.6) is 0 Å². The molecule has 4 N–H and O–H groups in total. The first kappa shape index (κ1) is 17.3. The zero-order valence-electron chi connectivity index (χ0n) is 14.7. The van der Waals surface area contributed by atoms with E-state index < -0.39 is 0 Å². The summed E-state index contributed by atoms with van der Waals surface area (Å²) >= 11 is 1.59. The number of hydrogen-bond donors (Lipinski definition) is 4. The van der Waals surface area contributed by atoms with Crippen LogP contribution < -0.4 is 20.9 Å². The monoisotopic (exact) mass is 381 g/mol. The Morgan fingerprint density at radius 1 is 1.46 bits per heavy atom. The Balaban J connectivity index is 0.00000210. The molecule has 2 aromatic rings. The summed E-state index contributed by atoms with van der Waals surface area (Å²) < 4.78 is 0. The number of thioether (sulfide) groups is 1. The lowest BCUT2D eigenvalue weighted by Crippen LogP contribution is -2.53. The maximum atomic E-state index is 12.6. The summed E-state index contributed by atoms with van der Waals surface area (Å²) in [7, 11) is 0. The summed E-state index contributed by atoms with van der Waals surface area (Å²) in [5.74, 6) is 1.66. The van der Waals surface area contributed by atoms with Crippen LogP contribution in [0.1, 0.15) is 11.3 Å². The number of piperazine rings is 1. The standard InChI is InChI=1S/C17H23N7OS.4H2/c1-11-6-20-15-14(11)16(23-10-22-15)24-4-5-26-13(9-24)17(25)21-8-12-7-18-2-3-19-12;;;;/h6,9-10,12,18-19H,2-5,7-8H2,1H3,(H,21,25)(H,20,22,23);4*1H. The number of aryl methyl sites for hydroxylation is 1. The highest BCUT2D eigenvalue weighted by Gasteiger charge is 2.22. The number of fused-ring (bicyclic) bond motifs is 1. The van der Waals surface area contributed by atoms with Gasteiger partial charge in [-0.1, -0.05) is 0 Å². The summed E-state index contributed by atoms with van der Waals surface area (Å²) in [6, 6.07) is 0.280. The number of aromatic amines is 1. The minimum Gasteiger partial charge on any atom is -0.350 e. The average molecular weight is 382 g/mol. The predicted octanol–water partition coefficient (Wildman–Crippen LogP) is 1.32. The quantitative estimate of drug-likeness (QED) is 0.634. The Morgan fingerprint density at radius 3 is 3.23 bits per heavy atom. The van der Waals surface area contributed by atoms with Crippen LogP contribution in [0.15, 0.2) is 23.6 Å². The molecule has 0 aliphatic carbocycles. The molecule has 1 unspecified atom stereocenters. The van der Waals surface area contributed by atoms with Gasteiger partial charge >= 0.3 is 0 Å². The summed E-state index contributed by atoms with van der Waals surface area (Å²) in [6.07, 6.45) is 5.40. The van der Waals surface area contributed by atoms with E-state index in [0.717, 1.165) is 59.3 Å². The van der Waals surface area contributed by atoms with Crippen LogP contribution in [0.2, 0.25) is 0 Å². The van der Waals surface area contributed by atoms with E-state index in [1.807, 2.05) is 19.3 Å². The van der Waals surface area contributed by atoms with Gasteiger partial charge in [-0.15, -0.1) is 11.8 Å². The van der Waals surface area contributed by atoms with Crippen LogP contribution in [0.4, 0.5) is 5.82 Å². The molecule has 146 valence electrons. The van der Waals surface area contributed by atoms with Crippen LogP contribution >= 0.6 is 11.8 Å². The van der Waals surface area contributed by atoms with Crippen LogP contribution in [0.25, 0.3) is 11.0 Å². The molecular formula is C17H31N7OS. The Bertz CT molecular complexity index is 845. The van der Waals surface area contributed by atoms with Crippen molar-refractivity contribution in [2.75, 3.05) is 43.4 Å². The van der Waals surface area contributed by atoms with Crippen molar-refractivity contribution in [1.29, 1.82) is 0 Å². The fourth-order valence-corrected chi connectivity index (χ4v) is 4.18. The second-order valence-electron chi connectivity index (χ2n) is 6.49. The van der Waals surface area contributed by atoms with Gasteiger partial charge in [-0.25, -0.2) is 9.97 Å². The molecule has 9 heteroatoms. The molecule has 2 aliphatic heterocycles. The van der Waals surface area contributed by atoms with E-state index in [4.69, 9.17) is 0 Å². The van der Waals surface area contributed by atoms with Gasteiger partial charge < -0.3 is 25.8 Å². The number of amides is 1. The molecule has 0 bridgehead atoms. The summed E-state index contributed by atoms with van der Waals surface area (Å²) in [4.78, 5) is 27.3. The number of carbonyl (C=O) groups excluding carboxylic acids is 1. The second-order valence-corrected chi connectivity index (χ2v) is 7.63. The smallest absolute Gasteiger partial charge is 0.259 e. The van der Waals surface area contributed by atoms with Gasteiger partial charge in [-0.2, -0.15) is 0 Å². The summed E-state index contributed by atoms with van der Waals surface area (Å²) in [5, 5.41) is 10.8. The van der Waals surface area contributed by atoms with Crippen LogP contribution in [-0.2, 0) is 4.79 Å². The highest BCUT2D eigenvalue weighted by molar-refractivity contribution is 8.04. The fraction of sp³-hybridized carbons (Fsp3) is 0.471. The molecule has 1 fully saturated rings. The van der Waals surface area contributed by atoms with E-state index in [1.165, 1.54) is 0 Å². The molecule has 1 amide bonds. The first-order valence-corrected chi connectivity index (χ1v) is 9.83. The van der Waals surface area contributed by atoms with Crippen molar-refractivity contribution in [2.24, 2.45) is 0 Å². The Hall–Kier alpha value is -2.10. The first-order chi connectivity index (χ1) is 12.7. The predicted molar refractivity (Wildman–Crippen MR) is 113 cm³/mol. The number of nitrogens with one attached hydrogen (secondary N) is 4. The number of carbonyl (C=O) groups is 1. The van der Waals surface area contributed by atoms with Crippen molar-refractivity contribution in [3.8, 4) is 0 Å². The number of aromatic nitrogens is 3. The highest BCUT2D eigenvalue weighted by Crippen LogP contribution is 2.30. The zero-order valence-corrected chi connectivity index (χ0v) is 15.5. The zero-order chi connectivity index (χ0) is 17.9. The molecule has 8 nitrogen and oxygen atoms in total. The average Bonchev–Trinajstić information content (AvgIpc) is 3.08. The molecule has 0 radical (unpaired) electrons. The Morgan fingerprint density at radius 2 is 2.38 bits per heavy atom. The van der Waals surface area contributed by atoms with Crippen LogP contribution in [0, 0.1) is 6.92 Å². The molecule has 1 atom stereocenters. The summed E-state index contributed by atoms with van der Waals surface area (Å²) in [5.41, 5.74) is 1.92. The number of H-pyrrole nitrogens is 1. The van der Waals surface area contributed by atoms with E-state index in [0.29, 0.717) is 6.54 Å². The summed E-state index contributed by atoms with van der Waals surface area (Å²) in [6.45, 7) is 6.26. The van der Waals surface area contributed by atoms with Gasteiger partial charge in [0.2, 0.25) is 0 Å². The highest BCUT2D eigenvalue weighted by atomic mass is 32.2. The van der Waals surface area contributed by atoms with E-state index in [-0.39, 0.29) is 17.7 Å². The third-order valence-electron chi connectivity index (χ3n) is 4.64. The third kappa shape index (κ3) is 3.55. The molecule has 4 rings (SSSR count). The molecule has 2 aromatic heterocycles. The van der Waals surface area contributed by atoms with Crippen LogP contribution in [0.3, 0.4) is 0 Å². The Labute approximate surface area is 162 Å². The normalized spacial score (nSPS) is 20.9. The fourth-order valence-electron chi connectivity index (χ4n) is 3.26. The molecule has 0 aromatic carbocycles. The van der Waals surface area contributed by atoms with Crippen molar-refractivity contribution >= 4 is 34.5 Å². The number of rotatable bonds is 4. The van der Waals surface area contributed by atoms with E-state index in [9.17, 15) is 4.79 Å². The third-order valence-corrected chi connectivity index (χ3v) is 5.63. The van der Waals surface area contributed by atoms with Gasteiger partial charge in [0.05, 0.1) is 10.3 Å². The number of nitrogens with zero attached hydrogens (tertiary/aromatic N) is 3. The van der Waals surface area contributed by atoms with E-state index in [2.05, 4.69) is 35.8 Å². The van der Waals surface area contributed by atoms with Gasteiger partial charge in [0.1, 0.15) is 17.8 Å². The topological polar surface area (TPSA) is 98.0 Å². The lowest BCUT2D eigenvalue weighted by Gasteiger charge is -2.27. The van der Waals surface area contributed by atoms with Crippen molar-refractivity contribution in [1.82, 2.24) is 30.9 Å². The van der Waals surface area contributed by atoms with Crippen molar-refractivity contribution in [2.45, 2.75) is 13.0 Å². The lowest BCUT2D eigenvalue weighted by atomic mass is 10.2. The second kappa shape index (κ2) is 7.65. The van der Waals surface area contributed by atoms with Crippen LogP contribution in [-0.4, -0.2) is 65.4 Å². The molecule has 2 aliphatic rings. The van der Waals surface area contributed by atoms with Crippen molar-refractivity contribution in [3.05, 3.63) is 29.2 Å². The number of anilines is 1. The SMILES string of the molecule is Cc1c[nH]c2ncnc(N3C=C(C(=O)NCC4CNCCN4)SCC3)c12.[HH].[HH].[HH].[HH]. The van der Waals surface area contributed by atoms with Gasteiger partial charge in [-0.3, -0.25) is 4.79 Å². The van der Waals surface area contributed by atoms with Gasteiger partial charge in [0.15, 0.2) is 0 Å². The Kier molecular flexibility index (Phi) is 5.09. The number of hydrogen-bond acceptors (Lipinski definition) is 7. The molecule has 26 heavy (non-hydrogen) atoms. The minimum atomic E-state index is -0.0248. The molecule has 0 spiro atoms. The van der Waals surface area contributed by atoms with Crippen molar-refractivity contribution in [3.63, 3.8) is 0 Å².